The number of nitrogens with one attached hydrogen (secondary N) is 1. The van der Waals surface area contributed by atoms with Crippen LogP contribution in [0.25, 0.3) is 0 Å². The molecular formula is C9H21N3O4S. The molecule has 1 unspecified atom stereocenters. The number of rotatable bonds is 7. The van der Waals surface area contributed by atoms with Crippen LogP contribution in [0.5, 0.6) is 0 Å². The molecule has 7 nitrogen and oxygen atoms in total. The fourth-order valence-corrected chi connectivity index (χ4v) is 2.34. The maximum Gasteiger partial charge on any atom is 0.421 e. The average Bonchev–Trinajstić information content (AvgIpc) is 2.24. The Morgan fingerprint density at radius 1 is 1.47 bits per heavy atom. The Balaban J connectivity index is 4.58. The summed E-state index contributed by atoms with van der Waals surface area (Å²) in [4.78, 5) is 11.1. The van der Waals surface area contributed by atoms with E-state index in [0.29, 0.717) is 6.54 Å². The van der Waals surface area contributed by atoms with E-state index in [4.69, 9.17) is 5.73 Å². The Kier molecular flexibility index (Phi) is 7.09. The van der Waals surface area contributed by atoms with Gasteiger partial charge in [-0.3, -0.25) is 0 Å². The molecule has 0 rings (SSSR count). The third-order valence-corrected chi connectivity index (χ3v) is 3.61. The molecule has 0 aliphatic rings. The van der Waals surface area contributed by atoms with Crippen molar-refractivity contribution in [3.05, 3.63) is 0 Å². The molecule has 0 aliphatic heterocycles. The summed E-state index contributed by atoms with van der Waals surface area (Å²) in [6.07, 6.45) is -0.966. The van der Waals surface area contributed by atoms with Gasteiger partial charge in [0.25, 0.3) is 0 Å². The average molecular weight is 267 g/mol. The number of hydrogen-bond donors (Lipinski definition) is 2. The number of amides is 1. The van der Waals surface area contributed by atoms with Crippen LogP contribution < -0.4 is 10.5 Å². The van der Waals surface area contributed by atoms with Gasteiger partial charge in [-0.2, -0.15) is 12.7 Å². The molecule has 102 valence electrons. The fraction of sp³-hybridized carbons (Fsp3) is 0.889. The van der Waals surface area contributed by atoms with Crippen molar-refractivity contribution < 1.29 is 17.9 Å². The van der Waals surface area contributed by atoms with Crippen LogP contribution in [0.3, 0.4) is 0 Å². The first-order chi connectivity index (χ1) is 7.87. The Bertz CT molecular complexity index is 331. The summed E-state index contributed by atoms with van der Waals surface area (Å²) in [6, 6.07) is 0. The first kappa shape index (κ1) is 16.1. The Labute approximate surface area is 102 Å². The normalized spacial score (nSPS) is 13.5. The van der Waals surface area contributed by atoms with E-state index in [1.54, 1.807) is 13.8 Å². The molecule has 0 spiro atoms. The lowest BCUT2D eigenvalue weighted by Gasteiger charge is -2.22. The largest absolute Gasteiger partial charge is 0.449 e. The first-order valence-corrected chi connectivity index (χ1v) is 6.96. The maximum absolute atomic E-state index is 11.8. The number of carbonyl (C=O) groups is 1. The summed E-state index contributed by atoms with van der Waals surface area (Å²) in [7, 11) is -3.85. The molecule has 0 fully saturated rings. The van der Waals surface area contributed by atoms with Gasteiger partial charge < -0.3 is 10.5 Å². The third-order valence-electron chi connectivity index (χ3n) is 2.10. The monoisotopic (exact) mass is 267 g/mol. The van der Waals surface area contributed by atoms with Crippen molar-refractivity contribution in [2.24, 2.45) is 11.7 Å². The zero-order chi connectivity index (χ0) is 13.5. The molecule has 0 radical (unpaired) electrons. The van der Waals surface area contributed by atoms with E-state index in [1.807, 2.05) is 11.6 Å². The van der Waals surface area contributed by atoms with Crippen molar-refractivity contribution in [2.45, 2.75) is 20.8 Å². The van der Waals surface area contributed by atoms with Crippen LogP contribution in [0.1, 0.15) is 20.8 Å². The zero-order valence-corrected chi connectivity index (χ0v) is 11.3. The summed E-state index contributed by atoms with van der Waals surface area (Å²) >= 11 is 0. The van der Waals surface area contributed by atoms with Crippen LogP contribution >= 0.6 is 0 Å². The quantitative estimate of drug-likeness (QED) is 0.670. The summed E-state index contributed by atoms with van der Waals surface area (Å²) in [5.74, 6) is 0.0220. The minimum atomic E-state index is -3.85. The number of carbonyl (C=O) groups excluding carboxylic acids is 1. The number of nitrogens with two attached hydrogens (primary N) is 1. The summed E-state index contributed by atoms with van der Waals surface area (Å²) < 4.78 is 31.1. The molecule has 0 saturated heterocycles. The van der Waals surface area contributed by atoms with E-state index in [9.17, 15) is 13.2 Å². The second-order valence-corrected chi connectivity index (χ2v) is 5.29. The van der Waals surface area contributed by atoms with Gasteiger partial charge >= 0.3 is 16.3 Å². The highest BCUT2D eigenvalue weighted by Gasteiger charge is 2.24. The van der Waals surface area contributed by atoms with Gasteiger partial charge in [0, 0.05) is 13.1 Å². The van der Waals surface area contributed by atoms with Gasteiger partial charge in [0.2, 0.25) is 0 Å². The van der Waals surface area contributed by atoms with Crippen molar-refractivity contribution in [2.75, 3.05) is 26.2 Å². The molecule has 1 amide bonds. The van der Waals surface area contributed by atoms with Gasteiger partial charge in [0.05, 0.1) is 6.61 Å². The summed E-state index contributed by atoms with van der Waals surface area (Å²) in [5, 5.41) is 0. The summed E-state index contributed by atoms with van der Waals surface area (Å²) in [5.41, 5.74) is 5.43. The second-order valence-electron chi connectivity index (χ2n) is 3.62. The first-order valence-electron chi connectivity index (χ1n) is 5.52. The molecule has 0 heterocycles. The van der Waals surface area contributed by atoms with Crippen molar-refractivity contribution in [3.63, 3.8) is 0 Å². The van der Waals surface area contributed by atoms with Gasteiger partial charge in [0.1, 0.15) is 0 Å². The molecule has 1 atom stereocenters. The molecule has 8 heteroatoms. The lowest BCUT2D eigenvalue weighted by atomic mass is 10.2. The standard InChI is InChI=1S/C9H21N3O4S/c1-4-12(7-8(3)6-10)17(14,15)11-9(13)16-5-2/h8H,4-7,10H2,1-3H3,(H,11,13). The minimum Gasteiger partial charge on any atom is -0.449 e. The molecule has 0 aromatic carbocycles. The zero-order valence-electron chi connectivity index (χ0n) is 10.5. The second kappa shape index (κ2) is 7.46. The van der Waals surface area contributed by atoms with Crippen LogP contribution in [0, 0.1) is 5.92 Å². The molecule has 3 N–H and O–H groups in total. The summed E-state index contributed by atoms with van der Waals surface area (Å²) in [6.45, 7) is 6.15. The van der Waals surface area contributed by atoms with Gasteiger partial charge in [0.15, 0.2) is 0 Å². The van der Waals surface area contributed by atoms with E-state index >= 15 is 0 Å². The lowest BCUT2D eigenvalue weighted by molar-refractivity contribution is 0.158. The van der Waals surface area contributed by atoms with Gasteiger partial charge in [-0.15, -0.1) is 0 Å². The van der Waals surface area contributed by atoms with E-state index in [0.717, 1.165) is 4.31 Å². The van der Waals surface area contributed by atoms with Crippen LogP contribution in [-0.4, -0.2) is 45.1 Å². The number of ether oxygens (including phenoxy) is 1. The van der Waals surface area contributed by atoms with Gasteiger partial charge in [-0.1, -0.05) is 13.8 Å². The fourth-order valence-electron chi connectivity index (χ4n) is 1.15. The van der Waals surface area contributed by atoms with Crippen molar-refractivity contribution >= 4 is 16.3 Å². The van der Waals surface area contributed by atoms with E-state index < -0.39 is 16.3 Å². The Morgan fingerprint density at radius 2 is 2.06 bits per heavy atom. The van der Waals surface area contributed by atoms with Crippen LogP contribution in [0.2, 0.25) is 0 Å². The molecule has 0 aromatic rings. The molecule has 0 bridgehead atoms. The SMILES string of the molecule is CCOC(=O)NS(=O)(=O)N(CC)CC(C)CN. The van der Waals surface area contributed by atoms with Crippen LogP contribution in [0.15, 0.2) is 0 Å². The Hall–Kier alpha value is -0.860. The molecule has 0 saturated carbocycles. The predicted molar refractivity (Wildman–Crippen MR) is 64.5 cm³/mol. The van der Waals surface area contributed by atoms with E-state index in [2.05, 4.69) is 4.74 Å². The van der Waals surface area contributed by atoms with Crippen molar-refractivity contribution in [1.82, 2.24) is 9.03 Å². The van der Waals surface area contributed by atoms with Gasteiger partial charge in [-0.05, 0) is 19.4 Å². The minimum absolute atomic E-state index is 0.0220. The highest BCUT2D eigenvalue weighted by Crippen LogP contribution is 2.03. The van der Waals surface area contributed by atoms with E-state index in [-0.39, 0.29) is 25.6 Å². The highest BCUT2D eigenvalue weighted by molar-refractivity contribution is 7.87. The number of hydrogen-bond acceptors (Lipinski definition) is 5. The van der Waals surface area contributed by atoms with Crippen molar-refractivity contribution in [3.8, 4) is 0 Å². The Morgan fingerprint density at radius 3 is 2.47 bits per heavy atom. The van der Waals surface area contributed by atoms with Crippen LogP contribution in [0.4, 0.5) is 4.79 Å². The third kappa shape index (κ3) is 5.85. The van der Waals surface area contributed by atoms with E-state index in [1.165, 1.54) is 0 Å². The molecular weight excluding hydrogens is 246 g/mol. The highest BCUT2D eigenvalue weighted by atomic mass is 32.2. The van der Waals surface area contributed by atoms with Crippen LogP contribution in [-0.2, 0) is 14.9 Å². The maximum atomic E-state index is 11.8. The smallest absolute Gasteiger partial charge is 0.421 e. The topological polar surface area (TPSA) is 102 Å². The van der Waals surface area contributed by atoms with Crippen molar-refractivity contribution in [1.29, 1.82) is 0 Å². The number of nitrogens with zero attached hydrogens (tertiary/aromatic N) is 1. The molecule has 17 heavy (non-hydrogen) atoms. The molecule has 0 aliphatic carbocycles. The molecule has 0 aromatic heterocycles. The van der Waals surface area contributed by atoms with Gasteiger partial charge in [-0.25, -0.2) is 9.52 Å². The lowest BCUT2D eigenvalue weighted by Crippen LogP contribution is -2.45. The predicted octanol–water partition coefficient (Wildman–Crippen LogP) is -0.106.